The summed E-state index contributed by atoms with van der Waals surface area (Å²) in [6, 6.07) is 15.5. The first-order valence-electron chi connectivity index (χ1n) is 11.7. The summed E-state index contributed by atoms with van der Waals surface area (Å²) < 4.78 is 18.5. The Balaban J connectivity index is 0.00000400. The third-order valence-corrected chi connectivity index (χ3v) is 6.16. The van der Waals surface area contributed by atoms with Crippen molar-refractivity contribution in [3.8, 4) is 22.5 Å². The van der Waals surface area contributed by atoms with Gasteiger partial charge in [-0.05, 0) is 29.8 Å². The molecule has 0 aromatic heterocycles. The molecule has 3 N–H and O–H groups in total. The van der Waals surface area contributed by atoms with Gasteiger partial charge in [0, 0.05) is 62.4 Å². The molecule has 1 aliphatic carbocycles. The van der Waals surface area contributed by atoms with E-state index in [-0.39, 0.29) is 35.2 Å². The highest BCUT2D eigenvalue weighted by atomic mass is 127. The van der Waals surface area contributed by atoms with E-state index in [0.717, 1.165) is 27.6 Å². The van der Waals surface area contributed by atoms with Gasteiger partial charge in [-0.2, -0.15) is 0 Å². The van der Waals surface area contributed by atoms with E-state index in [1.165, 1.54) is 6.92 Å². The Morgan fingerprint density at radius 3 is 2.37 bits per heavy atom. The highest BCUT2D eigenvalue weighted by Gasteiger charge is 2.26. The Hall–Kier alpha value is -3.80. The number of nitrogens with zero attached hydrogens (tertiary/aromatic N) is 2. The zero-order valence-corrected chi connectivity index (χ0v) is 24.4. The molecule has 1 heterocycles. The normalized spacial score (nSPS) is 10.6. The Morgan fingerprint density at radius 2 is 1.74 bits per heavy atom. The van der Waals surface area contributed by atoms with Gasteiger partial charge >= 0.3 is 11.9 Å². The lowest BCUT2D eigenvalue weighted by molar-refractivity contribution is -0.149. The number of carbonyl (C=O) groups excluding carboxylic acids is 2. The topological polar surface area (TPSA) is 110 Å². The van der Waals surface area contributed by atoms with E-state index in [4.69, 9.17) is 19.6 Å². The van der Waals surface area contributed by atoms with E-state index in [1.54, 1.807) is 7.05 Å². The third kappa shape index (κ3) is 5.54. The second-order valence-corrected chi connectivity index (χ2v) is 9.01. The number of halogens is 1. The van der Waals surface area contributed by atoms with Gasteiger partial charge < -0.3 is 53.8 Å². The average molecular weight is 630 g/mol. The van der Waals surface area contributed by atoms with Crippen LogP contribution in [0.5, 0.6) is 0 Å². The molecule has 200 valence electrons. The molecule has 0 atom stereocenters. The van der Waals surface area contributed by atoms with Crippen LogP contribution >= 0.6 is 0 Å². The van der Waals surface area contributed by atoms with E-state index < -0.39 is 18.7 Å². The molecule has 10 heteroatoms. The van der Waals surface area contributed by atoms with E-state index >= 15 is 0 Å². The van der Waals surface area contributed by atoms with E-state index in [9.17, 15) is 9.59 Å². The number of nitrogen functional groups attached to an aromatic ring is 1. The van der Waals surface area contributed by atoms with Gasteiger partial charge in [0.25, 0.3) is 0 Å². The quantitative estimate of drug-likeness (QED) is 0.0797. The summed E-state index contributed by atoms with van der Waals surface area (Å²) in [5.41, 5.74) is 11.2. The molecule has 9 nitrogen and oxygen atoms in total. The highest BCUT2D eigenvalue weighted by Crippen LogP contribution is 2.44. The number of hydrogen-bond donors (Lipinski definition) is 2. The summed E-state index contributed by atoms with van der Waals surface area (Å²) in [6.45, 7) is 0.728. The third-order valence-electron chi connectivity index (χ3n) is 6.16. The van der Waals surface area contributed by atoms with Gasteiger partial charge in [0.05, 0.1) is 23.0 Å². The average Bonchev–Trinajstić information content (AvgIpc) is 2.85. The Morgan fingerprint density at radius 1 is 1.03 bits per heavy atom. The summed E-state index contributed by atoms with van der Waals surface area (Å²) in [7, 11) is 9.56. The zero-order chi connectivity index (χ0) is 26.9. The fraction of sp³-hybridized carbons (Fsp3) is 0.250. The smallest absolute Gasteiger partial charge is 0.343 e. The number of ether oxygens (including phenoxy) is 2. The van der Waals surface area contributed by atoms with Crippen molar-refractivity contribution in [2.24, 2.45) is 0 Å². The van der Waals surface area contributed by atoms with Crippen LogP contribution in [0.4, 0.5) is 17.1 Å². The lowest BCUT2D eigenvalue weighted by Gasteiger charge is -2.21. The van der Waals surface area contributed by atoms with Crippen LogP contribution in [0, 0.1) is 0 Å². The highest BCUT2D eigenvalue weighted by molar-refractivity contribution is 6.12. The summed E-state index contributed by atoms with van der Waals surface area (Å²) in [5.74, 6) is -0.608. The SMILES string of the molecule is CNc1ccc(-c2c3ccc(=[N+](C)C)cc-3oc3cc(N(C)C)ccc23)c(C(=O)OCOC(C)=O)c1N.[I-]. The number of benzene rings is 3. The van der Waals surface area contributed by atoms with Gasteiger partial charge in [0.15, 0.2) is 0 Å². The molecule has 0 unspecified atom stereocenters. The van der Waals surface area contributed by atoms with Gasteiger partial charge in [-0.25, -0.2) is 9.37 Å². The largest absolute Gasteiger partial charge is 1.00 e. The van der Waals surface area contributed by atoms with Crippen molar-refractivity contribution in [2.45, 2.75) is 6.92 Å². The Labute approximate surface area is 238 Å². The van der Waals surface area contributed by atoms with E-state index in [0.29, 0.717) is 22.6 Å². The molecule has 4 rings (SSSR count). The van der Waals surface area contributed by atoms with Crippen LogP contribution in [0.3, 0.4) is 0 Å². The number of hydrogen-bond acceptors (Lipinski definition) is 8. The van der Waals surface area contributed by atoms with Gasteiger partial charge in [-0.3, -0.25) is 4.79 Å². The van der Waals surface area contributed by atoms with Crippen molar-refractivity contribution < 1.29 is 47.5 Å². The van der Waals surface area contributed by atoms with E-state index in [2.05, 4.69) is 5.32 Å². The first-order valence-corrected chi connectivity index (χ1v) is 11.7. The number of esters is 2. The van der Waals surface area contributed by atoms with Gasteiger partial charge in [0.1, 0.15) is 25.4 Å². The van der Waals surface area contributed by atoms with Gasteiger partial charge in [0.2, 0.25) is 12.2 Å². The fourth-order valence-electron chi connectivity index (χ4n) is 4.22. The molecule has 0 radical (unpaired) electrons. The van der Waals surface area contributed by atoms with Crippen molar-refractivity contribution in [1.29, 1.82) is 0 Å². The van der Waals surface area contributed by atoms with Crippen molar-refractivity contribution in [3.63, 3.8) is 0 Å². The minimum absolute atomic E-state index is 0. The molecule has 0 saturated heterocycles. The van der Waals surface area contributed by atoms with Crippen LogP contribution in [0.1, 0.15) is 17.3 Å². The summed E-state index contributed by atoms with van der Waals surface area (Å²) in [5, 5.41) is 4.79. The predicted octanol–water partition coefficient (Wildman–Crippen LogP) is 0.608. The maximum atomic E-state index is 13.3. The Kier molecular flexibility index (Phi) is 8.87. The molecular weight excluding hydrogens is 599 g/mol. The lowest BCUT2D eigenvalue weighted by Crippen LogP contribution is -3.00. The Bertz CT molecular complexity index is 1560. The maximum Gasteiger partial charge on any atom is 0.343 e. The van der Waals surface area contributed by atoms with Crippen LogP contribution in [-0.4, -0.2) is 54.0 Å². The van der Waals surface area contributed by atoms with E-state index in [1.807, 2.05) is 86.2 Å². The number of anilines is 3. The van der Waals surface area contributed by atoms with Crippen molar-refractivity contribution in [3.05, 3.63) is 59.5 Å². The number of nitrogens with one attached hydrogen (secondary N) is 1. The molecule has 0 saturated carbocycles. The van der Waals surface area contributed by atoms with Crippen LogP contribution in [-0.2, 0) is 14.3 Å². The minimum Gasteiger partial charge on any atom is -1.00 e. The fourth-order valence-corrected chi connectivity index (χ4v) is 4.22. The molecule has 0 amide bonds. The van der Waals surface area contributed by atoms with Gasteiger partial charge in [-0.1, -0.05) is 6.07 Å². The van der Waals surface area contributed by atoms with Crippen molar-refractivity contribution in [2.75, 3.05) is 58.0 Å². The standard InChI is InChI=1S/C28H30N4O5.HI/c1-16(33)35-15-36-28(34)26-21(11-12-22(30-2)27(26)29)25-19-9-7-17(31(3)4)13-23(19)37-24-14-18(32(5)6)8-10-20(24)25;/h7-14H,15H2,1-6H3,(H2,29,34);1H. The van der Waals surface area contributed by atoms with Crippen molar-refractivity contribution >= 4 is 40.0 Å². The molecule has 0 bridgehead atoms. The monoisotopic (exact) mass is 630 g/mol. The van der Waals surface area contributed by atoms with Crippen molar-refractivity contribution in [1.82, 2.24) is 4.58 Å². The van der Waals surface area contributed by atoms with Crippen LogP contribution in [0.2, 0.25) is 0 Å². The first-order chi connectivity index (χ1) is 17.6. The second-order valence-electron chi connectivity index (χ2n) is 9.01. The number of carbonyl (C=O) groups is 2. The summed E-state index contributed by atoms with van der Waals surface area (Å²) in [4.78, 5) is 26.5. The van der Waals surface area contributed by atoms with Crippen LogP contribution in [0.25, 0.3) is 33.4 Å². The number of nitrogens with two attached hydrogens (primary N) is 1. The number of fused-ring (bicyclic) bond motifs is 2. The summed E-state index contributed by atoms with van der Waals surface area (Å²) in [6.07, 6.45) is 0. The zero-order valence-electron chi connectivity index (χ0n) is 22.2. The minimum atomic E-state index is -0.706. The number of rotatable bonds is 6. The van der Waals surface area contributed by atoms with Crippen LogP contribution in [0.15, 0.2) is 52.9 Å². The molecule has 2 aromatic carbocycles. The summed E-state index contributed by atoms with van der Waals surface area (Å²) >= 11 is 0. The van der Waals surface area contributed by atoms with Crippen LogP contribution < -0.4 is 49.9 Å². The molecule has 1 aliphatic heterocycles. The first kappa shape index (κ1) is 28.8. The second kappa shape index (κ2) is 11.7. The molecule has 0 fully saturated rings. The van der Waals surface area contributed by atoms with Gasteiger partial charge in [-0.15, -0.1) is 0 Å². The molecule has 2 aliphatic rings. The lowest BCUT2D eigenvalue weighted by atomic mass is 9.89. The molecule has 2 aromatic rings. The molecule has 0 spiro atoms. The molecule has 38 heavy (non-hydrogen) atoms. The molecular formula is C28H31IN4O5. The maximum absolute atomic E-state index is 13.3. The predicted molar refractivity (Wildman–Crippen MR) is 146 cm³/mol.